The van der Waals surface area contributed by atoms with E-state index in [1.54, 1.807) is 0 Å². The fourth-order valence-electron chi connectivity index (χ4n) is 9.72. The maximum atomic E-state index is 14.2. The van der Waals surface area contributed by atoms with Crippen LogP contribution in [0.1, 0.15) is 240 Å². The molecule has 5 atom stereocenters. The van der Waals surface area contributed by atoms with Crippen LogP contribution in [0.15, 0.2) is 219 Å². The van der Waals surface area contributed by atoms with Crippen molar-refractivity contribution in [2.24, 2.45) is 0 Å². The number of rotatable bonds is 56. The maximum Gasteiger partial charge on any atom is 0.306 e. The van der Waals surface area contributed by atoms with Crippen molar-refractivity contribution in [3.63, 3.8) is 0 Å². The van der Waals surface area contributed by atoms with Crippen LogP contribution in [0.2, 0.25) is 0 Å². The first-order valence-electron chi connectivity index (χ1n) is 36.5. The van der Waals surface area contributed by atoms with Gasteiger partial charge >= 0.3 is 23.9 Å². The Hall–Kier alpha value is -7.50. The zero-order valence-corrected chi connectivity index (χ0v) is 59.2. The van der Waals surface area contributed by atoms with Gasteiger partial charge in [-0.25, -0.2) is 0 Å². The second-order valence-electron chi connectivity index (χ2n) is 23.5. The molecule has 2 rings (SSSR count). The maximum absolute atomic E-state index is 14.2. The lowest BCUT2D eigenvalue weighted by Crippen LogP contribution is -2.63. The van der Waals surface area contributed by atoms with Crippen LogP contribution < -0.4 is 4.74 Å². The number of aromatic hydroxyl groups is 1. The van der Waals surface area contributed by atoms with Gasteiger partial charge in [0.05, 0.1) is 0 Å². The molecule has 1 aromatic rings. The van der Waals surface area contributed by atoms with Gasteiger partial charge in [0, 0.05) is 25.7 Å². The van der Waals surface area contributed by atoms with E-state index in [2.05, 4.69) is 222 Å². The standard InChI is InChI=1S/C85H122O11/c1-5-9-13-17-21-25-29-33-37-41-45-48-52-56-60-64-68-80(89)95-83-82(94-79(88)67-63-59-55-51-47-43-39-35-31-27-23-19-15-11-7-3)77(74-91-78(87)66-62-58-54-50-46-42-38-34-30-26-22-18-14-10-6-2)93-85(92-76-72-70-75(86)71-73-76)84(83)96-81(90)69-65-61-57-53-49-44-40-36-32-28-24-20-16-12-8-4/h9-16,22-29,34-41,46-53,70-73,77,82-86H,5-8,17-21,30-33,42-45,54-69,74H2,1-4H3/b13-9-,14-10-,15-11-,16-12-,26-22-,27-23-,28-24-,29-25-,38-34-,39-35-,40-36-,41-37-,50-46-,51-47-,52-48-,53-49-/t77-,82-,83+,84-,85-/m1/s1. The third kappa shape index (κ3) is 50.0. The van der Waals surface area contributed by atoms with Gasteiger partial charge in [-0.2, -0.15) is 0 Å². The Kier molecular flexibility index (Phi) is 56.0. The van der Waals surface area contributed by atoms with Crippen LogP contribution >= 0.6 is 0 Å². The summed E-state index contributed by atoms with van der Waals surface area (Å²) in [6.45, 7) is 8.15. The lowest BCUT2D eigenvalue weighted by molar-refractivity contribution is -0.289. The molecule has 528 valence electrons. The number of hydrogen-bond donors (Lipinski definition) is 1. The van der Waals surface area contributed by atoms with Crippen molar-refractivity contribution < 1.29 is 52.7 Å². The van der Waals surface area contributed by atoms with E-state index < -0.39 is 54.6 Å². The molecule has 0 aliphatic carbocycles. The smallest absolute Gasteiger partial charge is 0.306 e. The quantitative estimate of drug-likeness (QED) is 0.0288. The van der Waals surface area contributed by atoms with Gasteiger partial charge in [0.2, 0.25) is 12.4 Å². The molecular weight excluding hydrogens is 1200 g/mol. The first-order valence-corrected chi connectivity index (χ1v) is 36.5. The lowest BCUT2D eigenvalue weighted by atomic mass is 9.97. The molecule has 1 aliphatic rings. The summed E-state index contributed by atoms with van der Waals surface area (Å²) in [6.07, 6.45) is 86.5. The summed E-state index contributed by atoms with van der Waals surface area (Å²) in [7, 11) is 0. The van der Waals surface area contributed by atoms with Crippen LogP contribution in [0.25, 0.3) is 0 Å². The van der Waals surface area contributed by atoms with Crippen molar-refractivity contribution in [1.82, 2.24) is 0 Å². The highest BCUT2D eigenvalue weighted by Crippen LogP contribution is 2.33. The van der Waals surface area contributed by atoms with Gasteiger partial charge in [-0.15, -0.1) is 0 Å². The molecule has 0 aromatic heterocycles. The second kappa shape index (κ2) is 63.5. The Labute approximate surface area is 580 Å². The van der Waals surface area contributed by atoms with Crippen molar-refractivity contribution in [3.05, 3.63) is 219 Å². The summed E-state index contributed by atoms with van der Waals surface area (Å²) in [5.74, 6) is -1.97. The summed E-state index contributed by atoms with van der Waals surface area (Å²) in [4.78, 5) is 55.9. The zero-order chi connectivity index (χ0) is 69.1. The highest BCUT2D eigenvalue weighted by molar-refractivity contribution is 5.72. The summed E-state index contributed by atoms with van der Waals surface area (Å²) < 4.78 is 37.9. The Morgan fingerprint density at radius 3 is 0.948 bits per heavy atom. The van der Waals surface area contributed by atoms with Crippen molar-refractivity contribution in [2.75, 3.05) is 6.61 Å². The van der Waals surface area contributed by atoms with Gasteiger partial charge in [-0.1, -0.05) is 222 Å². The van der Waals surface area contributed by atoms with Crippen LogP contribution in [0.3, 0.4) is 0 Å². The minimum absolute atomic E-state index is 0.00179. The summed E-state index contributed by atoms with van der Waals surface area (Å²) in [5, 5.41) is 10.2. The normalized spacial score (nSPS) is 17.6. The third-order valence-electron chi connectivity index (χ3n) is 15.0. The predicted octanol–water partition coefficient (Wildman–Crippen LogP) is 22.6. The van der Waals surface area contributed by atoms with E-state index in [4.69, 9.17) is 28.4 Å². The van der Waals surface area contributed by atoms with E-state index in [1.165, 1.54) is 24.3 Å². The van der Waals surface area contributed by atoms with Crippen LogP contribution in [0.5, 0.6) is 11.5 Å². The molecule has 1 heterocycles. The number of carbonyl (C=O) groups excluding carboxylic acids is 4. The minimum atomic E-state index is -1.43. The van der Waals surface area contributed by atoms with Crippen molar-refractivity contribution in [2.45, 2.75) is 270 Å². The molecule has 0 unspecified atom stereocenters. The van der Waals surface area contributed by atoms with Crippen LogP contribution in [0, 0.1) is 0 Å². The van der Waals surface area contributed by atoms with E-state index in [0.717, 1.165) is 154 Å². The van der Waals surface area contributed by atoms with Gasteiger partial charge < -0.3 is 33.5 Å². The number of hydrogen-bond acceptors (Lipinski definition) is 11. The van der Waals surface area contributed by atoms with Crippen LogP contribution in [0.4, 0.5) is 0 Å². The van der Waals surface area contributed by atoms with Crippen molar-refractivity contribution in [3.8, 4) is 11.5 Å². The van der Waals surface area contributed by atoms with Crippen LogP contribution in [-0.4, -0.2) is 66.3 Å². The van der Waals surface area contributed by atoms with E-state index in [-0.39, 0.29) is 43.8 Å². The highest BCUT2D eigenvalue weighted by atomic mass is 16.7. The Bertz CT molecular complexity index is 2650. The summed E-state index contributed by atoms with van der Waals surface area (Å²) in [5.41, 5.74) is 0. The number of allylic oxidation sites excluding steroid dienone is 32. The molecule has 0 saturated carbocycles. The van der Waals surface area contributed by atoms with E-state index in [9.17, 15) is 24.3 Å². The Morgan fingerprint density at radius 2 is 0.604 bits per heavy atom. The Balaban J connectivity index is 2.36. The first-order chi connectivity index (χ1) is 47.2. The molecule has 0 amide bonds. The Morgan fingerprint density at radius 1 is 0.333 bits per heavy atom. The van der Waals surface area contributed by atoms with Crippen molar-refractivity contribution in [1.29, 1.82) is 0 Å². The third-order valence-corrected chi connectivity index (χ3v) is 15.0. The lowest BCUT2D eigenvalue weighted by Gasteiger charge is -2.44. The molecule has 1 saturated heterocycles. The average molecular weight is 1320 g/mol. The number of esters is 4. The monoisotopic (exact) mass is 1320 g/mol. The molecule has 1 N–H and O–H groups in total. The molecule has 1 aliphatic heterocycles. The molecule has 11 heteroatoms. The number of benzene rings is 1. The highest BCUT2D eigenvalue weighted by Gasteiger charge is 2.54. The van der Waals surface area contributed by atoms with E-state index in [0.29, 0.717) is 32.1 Å². The molecule has 0 radical (unpaired) electrons. The number of phenolic OH excluding ortho intramolecular Hbond substituents is 1. The fourth-order valence-corrected chi connectivity index (χ4v) is 9.72. The minimum Gasteiger partial charge on any atom is -0.508 e. The van der Waals surface area contributed by atoms with Gasteiger partial charge in [0.15, 0.2) is 12.2 Å². The van der Waals surface area contributed by atoms with Gasteiger partial charge in [0.25, 0.3) is 0 Å². The number of phenols is 1. The van der Waals surface area contributed by atoms with Crippen molar-refractivity contribution >= 4 is 23.9 Å². The summed E-state index contributed by atoms with van der Waals surface area (Å²) >= 11 is 0. The number of ether oxygens (including phenoxy) is 6. The second-order valence-corrected chi connectivity index (χ2v) is 23.5. The van der Waals surface area contributed by atoms with E-state index >= 15 is 0 Å². The molecule has 0 bridgehead atoms. The molecule has 11 nitrogen and oxygen atoms in total. The number of unbranched alkanes of at least 4 members (excludes halogenated alkanes) is 9. The van der Waals surface area contributed by atoms with Gasteiger partial charge in [-0.3, -0.25) is 19.2 Å². The number of carbonyl (C=O) groups is 4. The predicted molar refractivity (Wildman–Crippen MR) is 399 cm³/mol. The van der Waals surface area contributed by atoms with Gasteiger partial charge in [-0.05, 0) is 210 Å². The van der Waals surface area contributed by atoms with Crippen LogP contribution in [-0.2, 0) is 42.9 Å². The topological polar surface area (TPSA) is 144 Å². The average Bonchev–Trinajstić information content (AvgIpc) is 0.787. The summed E-state index contributed by atoms with van der Waals surface area (Å²) in [6, 6.07) is 5.95. The molecule has 1 aromatic carbocycles. The van der Waals surface area contributed by atoms with Gasteiger partial charge in [0.1, 0.15) is 24.2 Å². The van der Waals surface area contributed by atoms with E-state index in [1.807, 2.05) is 0 Å². The molecule has 96 heavy (non-hydrogen) atoms. The first kappa shape index (κ1) is 84.6. The molecular formula is C85H122O11. The SMILES string of the molecule is CC/C=C\C/C=C\C/C=C\C/C=C\CCCCC(=O)OC[C@H]1O[C@@H](Oc2ccc(O)cc2)[C@H](OC(=O)CCCC/C=C\C/C=C\C/C=C\C/C=C\CC)[C@@H](OC(=O)CCCC/C=C\C/C=C\C/C=C\CC/C=C\CC)[C@@H]1OC(=O)CCCC/C=C\C/C=C\C/C=C\C/C=C\CC. The largest absolute Gasteiger partial charge is 0.508 e. The molecule has 0 spiro atoms. The fraction of sp³-hybridized carbons (Fsp3) is 0.506. The molecule has 1 fully saturated rings. The zero-order valence-electron chi connectivity index (χ0n) is 59.2.